The molecule has 3 rings (SSSR count). The summed E-state index contributed by atoms with van der Waals surface area (Å²) in [5.41, 5.74) is -0.294. The Labute approximate surface area is 130 Å². The molecule has 124 valence electrons. The zero-order valence-corrected chi connectivity index (χ0v) is 12.1. The van der Waals surface area contributed by atoms with Crippen LogP contribution in [0.3, 0.4) is 0 Å². The predicted molar refractivity (Wildman–Crippen MR) is 74.9 cm³/mol. The molecule has 1 amide bonds. The van der Waals surface area contributed by atoms with E-state index in [9.17, 15) is 22.4 Å². The highest BCUT2D eigenvalue weighted by atomic mass is 19.2. The molecule has 2 aliphatic heterocycles. The Morgan fingerprint density at radius 2 is 2.09 bits per heavy atom. The van der Waals surface area contributed by atoms with Gasteiger partial charge in [0.25, 0.3) is 0 Å². The van der Waals surface area contributed by atoms with Gasteiger partial charge in [-0.05, 0) is 19.0 Å². The summed E-state index contributed by atoms with van der Waals surface area (Å²) in [6.45, 7) is 0.545. The number of nitrogens with one attached hydrogen (secondary N) is 1. The maximum absolute atomic E-state index is 14.0. The number of carbonyl (C=O) groups is 1. The van der Waals surface area contributed by atoms with Gasteiger partial charge in [-0.2, -0.15) is 5.10 Å². The van der Waals surface area contributed by atoms with Crippen LogP contribution in [0.15, 0.2) is 17.2 Å². The Bertz CT molecular complexity index is 652. The normalized spacial score (nSPS) is 27.5. The third-order valence-corrected chi connectivity index (χ3v) is 4.16. The second kappa shape index (κ2) is 6.27. The molecule has 4 nitrogen and oxygen atoms in total. The summed E-state index contributed by atoms with van der Waals surface area (Å²) in [5, 5.41) is 7.64. The summed E-state index contributed by atoms with van der Waals surface area (Å²) in [4.78, 5) is 12.5. The van der Waals surface area contributed by atoms with Crippen LogP contribution >= 0.6 is 0 Å². The molecular weight excluding hydrogens is 314 g/mol. The number of rotatable bonds is 2. The van der Waals surface area contributed by atoms with Crippen molar-refractivity contribution >= 4 is 12.1 Å². The predicted octanol–water partition coefficient (Wildman–Crippen LogP) is 2.31. The molecule has 3 atom stereocenters. The minimum absolute atomic E-state index is 0.0571. The summed E-state index contributed by atoms with van der Waals surface area (Å²) < 4.78 is 54.7. The first kappa shape index (κ1) is 15.9. The van der Waals surface area contributed by atoms with E-state index in [1.54, 1.807) is 0 Å². The fraction of sp³-hybridized carbons (Fsp3) is 0.467. The van der Waals surface area contributed by atoms with Crippen LogP contribution in [0, 0.1) is 23.4 Å². The van der Waals surface area contributed by atoms with Crippen molar-refractivity contribution in [3.8, 4) is 0 Å². The minimum Gasteiger partial charge on any atom is -0.314 e. The van der Waals surface area contributed by atoms with E-state index in [2.05, 4.69) is 10.4 Å². The molecule has 0 saturated carbocycles. The van der Waals surface area contributed by atoms with E-state index in [4.69, 9.17) is 0 Å². The smallest absolute Gasteiger partial charge is 0.249 e. The Hall–Kier alpha value is -1.96. The average molecular weight is 329 g/mol. The number of alkyl halides is 1. The number of hydrazone groups is 1. The summed E-state index contributed by atoms with van der Waals surface area (Å²) in [6, 6.07) is 0.313. The van der Waals surface area contributed by atoms with Gasteiger partial charge in [0.1, 0.15) is 12.0 Å². The van der Waals surface area contributed by atoms with Gasteiger partial charge in [0.05, 0.1) is 12.0 Å². The van der Waals surface area contributed by atoms with E-state index >= 15 is 0 Å². The summed E-state index contributed by atoms with van der Waals surface area (Å²) in [7, 11) is 0. The van der Waals surface area contributed by atoms with E-state index in [1.165, 1.54) is 6.21 Å². The van der Waals surface area contributed by atoms with E-state index in [0.717, 1.165) is 11.1 Å². The Balaban J connectivity index is 1.88. The molecule has 1 saturated heterocycles. The molecule has 0 aliphatic carbocycles. The molecule has 1 unspecified atom stereocenters. The maximum atomic E-state index is 14.0. The fourth-order valence-corrected chi connectivity index (χ4v) is 2.97. The second-order valence-electron chi connectivity index (χ2n) is 5.64. The van der Waals surface area contributed by atoms with Crippen LogP contribution in [0.1, 0.15) is 24.4 Å². The topological polar surface area (TPSA) is 44.7 Å². The largest absolute Gasteiger partial charge is 0.314 e. The Kier molecular flexibility index (Phi) is 4.34. The first-order valence-corrected chi connectivity index (χ1v) is 7.33. The lowest BCUT2D eigenvalue weighted by atomic mass is 9.93. The molecule has 2 aliphatic rings. The number of piperidine rings is 1. The van der Waals surface area contributed by atoms with Gasteiger partial charge in [0, 0.05) is 30.8 Å². The van der Waals surface area contributed by atoms with Crippen LogP contribution in [-0.2, 0) is 4.79 Å². The zero-order chi connectivity index (χ0) is 16.6. The van der Waals surface area contributed by atoms with E-state index in [1.807, 2.05) is 0 Å². The van der Waals surface area contributed by atoms with Crippen molar-refractivity contribution in [2.75, 3.05) is 13.1 Å². The van der Waals surface area contributed by atoms with Crippen LogP contribution in [0.5, 0.6) is 0 Å². The number of hydrogen-bond acceptors (Lipinski definition) is 3. The van der Waals surface area contributed by atoms with Crippen molar-refractivity contribution < 1.29 is 22.4 Å². The molecule has 1 N–H and O–H groups in total. The highest BCUT2D eigenvalue weighted by molar-refractivity contribution is 5.82. The first-order valence-electron chi connectivity index (χ1n) is 7.33. The van der Waals surface area contributed by atoms with Gasteiger partial charge in [-0.15, -0.1) is 0 Å². The van der Waals surface area contributed by atoms with E-state index in [-0.39, 0.29) is 18.5 Å². The SMILES string of the molecule is O=C([C@H]1CCNC[C@H]1F)N1N=CCC1c1cc(F)cc(F)c1F. The molecule has 1 fully saturated rings. The molecule has 0 spiro atoms. The Morgan fingerprint density at radius 1 is 1.30 bits per heavy atom. The molecular formula is C15H15F4N3O. The van der Waals surface area contributed by atoms with Crippen LogP contribution in [0.2, 0.25) is 0 Å². The molecule has 1 aromatic carbocycles. The standard InChI is InChI=1S/C15H15F4N3O/c16-8-5-10(14(19)11(17)6-8)13-2-4-21-22(13)15(23)9-1-3-20-7-12(9)18/h4-6,9,12-13,20H,1-3,7H2/t9-,12+,13?/m0/s1. The molecule has 0 bridgehead atoms. The zero-order valence-electron chi connectivity index (χ0n) is 12.1. The minimum atomic E-state index is -1.37. The maximum Gasteiger partial charge on any atom is 0.249 e. The molecule has 8 heteroatoms. The third-order valence-electron chi connectivity index (χ3n) is 4.16. The molecule has 23 heavy (non-hydrogen) atoms. The van der Waals surface area contributed by atoms with E-state index < -0.39 is 41.5 Å². The summed E-state index contributed by atoms with van der Waals surface area (Å²) in [5.74, 6) is -4.98. The van der Waals surface area contributed by atoms with Gasteiger partial charge in [0.2, 0.25) is 5.91 Å². The van der Waals surface area contributed by atoms with Gasteiger partial charge < -0.3 is 5.32 Å². The van der Waals surface area contributed by atoms with Crippen molar-refractivity contribution in [3.05, 3.63) is 35.1 Å². The lowest BCUT2D eigenvalue weighted by Crippen LogP contribution is -2.46. The quantitative estimate of drug-likeness (QED) is 0.668. The van der Waals surface area contributed by atoms with Crippen molar-refractivity contribution in [2.24, 2.45) is 11.0 Å². The molecule has 1 aromatic rings. The van der Waals surface area contributed by atoms with Gasteiger partial charge in [-0.25, -0.2) is 22.6 Å². The van der Waals surface area contributed by atoms with Crippen LogP contribution in [0.4, 0.5) is 17.6 Å². The number of benzene rings is 1. The summed E-state index contributed by atoms with van der Waals surface area (Å²) >= 11 is 0. The van der Waals surface area contributed by atoms with Crippen LogP contribution in [-0.4, -0.2) is 36.4 Å². The number of halogens is 4. The molecule has 0 radical (unpaired) electrons. The number of nitrogens with zero attached hydrogens (tertiary/aromatic N) is 2. The highest BCUT2D eigenvalue weighted by Gasteiger charge is 2.39. The van der Waals surface area contributed by atoms with Crippen LogP contribution < -0.4 is 5.32 Å². The molecule has 2 heterocycles. The third kappa shape index (κ3) is 2.95. The number of hydrogen-bond donors (Lipinski definition) is 1. The fourth-order valence-electron chi connectivity index (χ4n) is 2.97. The first-order chi connectivity index (χ1) is 11.0. The van der Waals surface area contributed by atoms with Gasteiger partial charge >= 0.3 is 0 Å². The van der Waals surface area contributed by atoms with E-state index in [0.29, 0.717) is 19.0 Å². The molecule has 0 aromatic heterocycles. The van der Waals surface area contributed by atoms with Crippen molar-refractivity contribution in [3.63, 3.8) is 0 Å². The highest BCUT2D eigenvalue weighted by Crippen LogP contribution is 2.34. The van der Waals surface area contributed by atoms with Gasteiger partial charge in [-0.3, -0.25) is 4.79 Å². The summed E-state index contributed by atoms with van der Waals surface area (Å²) in [6.07, 6.45) is 0.396. The van der Waals surface area contributed by atoms with Gasteiger partial charge in [0.15, 0.2) is 11.6 Å². The average Bonchev–Trinajstić information content (AvgIpc) is 3.00. The van der Waals surface area contributed by atoms with Crippen molar-refractivity contribution in [1.29, 1.82) is 0 Å². The van der Waals surface area contributed by atoms with Crippen molar-refractivity contribution in [2.45, 2.75) is 25.1 Å². The monoisotopic (exact) mass is 329 g/mol. The second-order valence-corrected chi connectivity index (χ2v) is 5.64. The van der Waals surface area contributed by atoms with Crippen molar-refractivity contribution in [1.82, 2.24) is 10.3 Å². The number of amides is 1. The number of carbonyl (C=O) groups excluding carboxylic acids is 1. The van der Waals surface area contributed by atoms with Gasteiger partial charge in [-0.1, -0.05) is 0 Å². The lowest BCUT2D eigenvalue weighted by Gasteiger charge is -2.31. The Morgan fingerprint density at radius 3 is 2.83 bits per heavy atom. The lowest BCUT2D eigenvalue weighted by molar-refractivity contribution is -0.140. The van der Waals surface area contributed by atoms with Crippen LogP contribution in [0.25, 0.3) is 0 Å².